The summed E-state index contributed by atoms with van der Waals surface area (Å²) in [6.45, 7) is 0. The summed E-state index contributed by atoms with van der Waals surface area (Å²) in [4.78, 5) is 4.17. The third kappa shape index (κ3) is 1.47. The van der Waals surface area contributed by atoms with Crippen LogP contribution in [0.2, 0.25) is 0 Å². The maximum absolute atomic E-state index is 8.33. The lowest BCUT2D eigenvalue weighted by Gasteiger charge is -1.95. The van der Waals surface area contributed by atoms with Gasteiger partial charge in [-0.3, -0.25) is 4.99 Å². The summed E-state index contributed by atoms with van der Waals surface area (Å²) in [5.74, 6) is 0.792. The first kappa shape index (κ1) is 7.07. The van der Waals surface area contributed by atoms with Crippen LogP contribution in [0.3, 0.4) is 0 Å². The highest BCUT2D eigenvalue weighted by molar-refractivity contribution is 5.77. The lowest BCUT2D eigenvalue weighted by molar-refractivity contribution is 0.395. The zero-order chi connectivity index (χ0) is 7.40. The van der Waals surface area contributed by atoms with E-state index in [2.05, 4.69) is 11.1 Å². The predicted octanol–water partition coefficient (Wildman–Crippen LogP) is 1.11. The van der Waals surface area contributed by atoms with Crippen molar-refractivity contribution in [1.82, 2.24) is 0 Å². The maximum Gasteiger partial charge on any atom is 0.183 e. The molecule has 0 N–H and O–H groups in total. The van der Waals surface area contributed by atoms with Crippen molar-refractivity contribution in [2.75, 3.05) is 7.11 Å². The maximum atomic E-state index is 8.33. The van der Waals surface area contributed by atoms with E-state index in [1.165, 1.54) is 0 Å². The third-order valence-electron chi connectivity index (χ3n) is 1.58. The van der Waals surface area contributed by atoms with Crippen molar-refractivity contribution in [2.24, 2.45) is 4.99 Å². The second kappa shape index (κ2) is 3.21. The molecule has 1 heterocycles. The number of nitrogens with zero attached hydrogens (tertiary/aromatic N) is 2. The Bertz CT molecular complexity index is 181. The Hall–Kier alpha value is -1.04. The molecular weight excluding hydrogens is 128 g/mol. The van der Waals surface area contributed by atoms with Gasteiger partial charge in [-0.1, -0.05) is 0 Å². The summed E-state index contributed by atoms with van der Waals surface area (Å²) < 4.78 is 4.93. The molecule has 0 spiro atoms. The fourth-order valence-electron chi connectivity index (χ4n) is 1.03. The molecule has 0 saturated heterocycles. The molecule has 0 aromatic carbocycles. The smallest absolute Gasteiger partial charge is 0.183 e. The van der Waals surface area contributed by atoms with Crippen LogP contribution >= 0.6 is 0 Å². The second-order valence-corrected chi connectivity index (χ2v) is 2.28. The highest BCUT2D eigenvalue weighted by Gasteiger charge is 2.16. The molecule has 0 saturated carbocycles. The van der Waals surface area contributed by atoms with Crippen molar-refractivity contribution in [3.05, 3.63) is 0 Å². The lowest BCUT2D eigenvalue weighted by Crippen LogP contribution is -1.96. The average Bonchev–Trinajstić information content (AvgIpc) is 2.37. The minimum Gasteiger partial charge on any atom is -0.484 e. The summed E-state index contributed by atoms with van der Waals surface area (Å²) in [5.41, 5.74) is 0. The number of aliphatic imine (C=N–C) groups is 1. The topological polar surface area (TPSA) is 45.4 Å². The summed E-state index contributed by atoms with van der Waals surface area (Å²) in [6, 6.07) is 2.29. The monoisotopic (exact) mass is 138 g/mol. The SMILES string of the molecule is COC1=N[C@@H](CC#N)CC1. The van der Waals surface area contributed by atoms with Gasteiger partial charge in [0.05, 0.1) is 25.6 Å². The molecule has 1 aliphatic rings. The highest BCUT2D eigenvalue weighted by atomic mass is 16.5. The van der Waals surface area contributed by atoms with Gasteiger partial charge in [0, 0.05) is 6.42 Å². The normalized spacial score (nSPS) is 23.6. The van der Waals surface area contributed by atoms with Gasteiger partial charge in [-0.15, -0.1) is 0 Å². The van der Waals surface area contributed by atoms with Crippen LogP contribution in [0.1, 0.15) is 19.3 Å². The third-order valence-corrected chi connectivity index (χ3v) is 1.58. The van der Waals surface area contributed by atoms with Crippen LogP contribution in [0.4, 0.5) is 0 Å². The van der Waals surface area contributed by atoms with E-state index in [4.69, 9.17) is 10.00 Å². The van der Waals surface area contributed by atoms with Gasteiger partial charge in [-0.05, 0) is 6.42 Å². The van der Waals surface area contributed by atoms with Crippen LogP contribution in [-0.4, -0.2) is 19.0 Å². The quantitative estimate of drug-likeness (QED) is 0.544. The molecule has 3 heteroatoms. The number of methoxy groups -OCH3 is 1. The Morgan fingerprint density at radius 1 is 1.90 bits per heavy atom. The molecule has 0 bridgehead atoms. The fraction of sp³-hybridized carbons (Fsp3) is 0.714. The Kier molecular flexibility index (Phi) is 2.27. The van der Waals surface area contributed by atoms with Gasteiger partial charge in [0.2, 0.25) is 0 Å². The van der Waals surface area contributed by atoms with Gasteiger partial charge in [0.15, 0.2) is 5.90 Å². The number of hydrogen-bond donors (Lipinski definition) is 0. The van der Waals surface area contributed by atoms with Gasteiger partial charge in [-0.2, -0.15) is 5.26 Å². The number of hydrogen-bond acceptors (Lipinski definition) is 3. The van der Waals surface area contributed by atoms with E-state index in [1.54, 1.807) is 7.11 Å². The molecule has 0 amide bonds. The standard InChI is InChI=1S/C7H10N2O/c1-10-7-3-2-6(9-7)4-5-8/h6H,2-4H2,1H3/t6-/m1/s1. The van der Waals surface area contributed by atoms with E-state index in [1.807, 2.05) is 0 Å². The van der Waals surface area contributed by atoms with Crippen LogP contribution in [0.15, 0.2) is 4.99 Å². The molecule has 10 heavy (non-hydrogen) atoms. The average molecular weight is 138 g/mol. The summed E-state index contributed by atoms with van der Waals surface area (Å²) in [7, 11) is 1.62. The summed E-state index contributed by atoms with van der Waals surface area (Å²) >= 11 is 0. The van der Waals surface area contributed by atoms with E-state index in [9.17, 15) is 0 Å². The van der Waals surface area contributed by atoms with Crippen molar-refractivity contribution in [1.29, 1.82) is 5.26 Å². The van der Waals surface area contributed by atoms with Crippen molar-refractivity contribution in [2.45, 2.75) is 25.3 Å². The van der Waals surface area contributed by atoms with E-state index < -0.39 is 0 Å². The van der Waals surface area contributed by atoms with Crippen LogP contribution in [0.25, 0.3) is 0 Å². The molecular formula is C7H10N2O. The Labute approximate surface area is 60.3 Å². The largest absolute Gasteiger partial charge is 0.484 e. The van der Waals surface area contributed by atoms with Gasteiger partial charge < -0.3 is 4.74 Å². The molecule has 0 aromatic heterocycles. The molecule has 0 radical (unpaired) electrons. The van der Waals surface area contributed by atoms with Crippen molar-refractivity contribution in [3.63, 3.8) is 0 Å². The Morgan fingerprint density at radius 2 is 2.70 bits per heavy atom. The molecule has 0 aliphatic carbocycles. The molecule has 1 rings (SSSR count). The molecule has 1 aliphatic heterocycles. The lowest BCUT2D eigenvalue weighted by atomic mass is 10.2. The zero-order valence-electron chi connectivity index (χ0n) is 6.00. The van der Waals surface area contributed by atoms with Crippen molar-refractivity contribution in [3.8, 4) is 6.07 Å². The van der Waals surface area contributed by atoms with Crippen LogP contribution in [0.5, 0.6) is 0 Å². The van der Waals surface area contributed by atoms with E-state index in [-0.39, 0.29) is 6.04 Å². The summed E-state index contributed by atoms with van der Waals surface area (Å²) in [5, 5.41) is 8.33. The van der Waals surface area contributed by atoms with Crippen LogP contribution < -0.4 is 0 Å². The number of nitriles is 1. The van der Waals surface area contributed by atoms with Gasteiger partial charge >= 0.3 is 0 Å². The minimum absolute atomic E-state index is 0.194. The fourth-order valence-corrected chi connectivity index (χ4v) is 1.03. The first-order chi connectivity index (χ1) is 4.86. The van der Waals surface area contributed by atoms with Crippen molar-refractivity contribution >= 4 is 5.90 Å². The molecule has 0 aromatic rings. The van der Waals surface area contributed by atoms with Crippen LogP contribution in [0, 0.1) is 11.3 Å². The van der Waals surface area contributed by atoms with Crippen LogP contribution in [-0.2, 0) is 4.74 Å². The predicted molar refractivity (Wildman–Crippen MR) is 37.7 cm³/mol. The molecule has 0 unspecified atom stereocenters. The Morgan fingerprint density at radius 3 is 3.20 bits per heavy atom. The van der Waals surface area contributed by atoms with Gasteiger partial charge in [0.25, 0.3) is 0 Å². The van der Waals surface area contributed by atoms with E-state index in [0.717, 1.165) is 18.7 Å². The molecule has 0 fully saturated rings. The van der Waals surface area contributed by atoms with E-state index >= 15 is 0 Å². The Balaban J connectivity index is 2.41. The first-order valence-corrected chi connectivity index (χ1v) is 3.34. The van der Waals surface area contributed by atoms with Gasteiger partial charge in [-0.25, -0.2) is 0 Å². The van der Waals surface area contributed by atoms with E-state index in [0.29, 0.717) is 6.42 Å². The highest BCUT2D eigenvalue weighted by Crippen LogP contribution is 2.15. The number of ether oxygens (including phenoxy) is 1. The van der Waals surface area contributed by atoms with Crippen molar-refractivity contribution < 1.29 is 4.74 Å². The van der Waals surface area contributed by atoms with Gasteiger partial charge in [0.1, 0.15) is 0 Å². The minimum atomic E-state index is 0.194. The first-order valence-electron chi connectivity index (χ1n) is 3.34. The summed E-state index contributed by atoms with van der Waals surface area (Å²) in [6.07, 6.45) is 2.38. The number of rotatable bonds is 1. The molecule has 1 atom stereocenters. The molecule has 54 valence electrons. The zero-order valence-corrected chi connectivity index (χ0v) is 6.00. The second-order valence-electron chi connectivity index (χ2n) is 2.28. The molecule has 3 nitrogen and oxygen atoms in total.